The number of esters is 1. The molecule has 0 spiro atoms. The lowest BCUT2D eigenvalue weighted by molar-refractivity contribution is 0.0512. The molecule has 0 bridgehead atoms. The summed E-state index contributed by atoms with van der Waals surface area (Å²) in [4.78, 5) is 11.8. The second-order valence-corrected chi connectivity index (χ2v) is 3.58. The average Bonchev–Trinajstić information content (AvgIpc) is 2.97. The zero-order valence-corrected chi connectivity index (χ0v) is 10.1. The molecule has 0 radical (unpaired) electrons. The van der Waals surface area contributed by atoms with Crippen LogP contribution >= 0.6 is 0 Å². The zero-order chi connectivity index (χ0) is 13.0. The molecule has 0 unspecified atom stereocenters. The summed E-state index contributed by atoms with van der Waals surface area (Å²) in [7, 11) is 0. The zero-order valence-electron chi connectivity index (χ0n) is 10.1. The molecule has 0 saturated heterocycles. The maximum absolute atomic E-state index is 11.8. The van der Waals surface area contributed by atoms with Gasteiger partial charge in [0.1, 0.15) is 11.4 Å². The Bertz CT molecular complexity index is 541. The van der Waals surface area contributed by atoms with Crippen molar-refractivity contribution in [3.8, 4) is 11.5 Å². The number of carbonyl (C=O) groups is 1. The van der Waals surface area contributed by atoms with Crippen molar-refractivity contribution in [2.24, 2.45) is 0 Å². The van der Waals surface area contributed by atoms with Crippen LogP contribution in [0.4, 0.5) is 0 Å². The standard InChI is InChI=1S/C13H14N2O3/c1-3-7-15-11(13(16)17-4-2)9-10(14-15)12-6-5-8-18-12/h3,5-6,8-9H,1,4,7H2,2H3. The smallest absolute Gasteiger partial charge is 0.356 e. The van der Waals surface area contributed by atoms with Crippen molar-refractivity contribution in [1.82, 2.24) is 9.78 Å². The highest BCUT2D eigenvalue weighted by molar-refractivity contribution is 5.88. The first kappa shape index (κ1) is 12.2. The number of hydrogen-bond acceptors (Lipinski definition) is 4. The SMILES string of the molecule is C=CCn1nc(-c2ccco2)cc1C(=O)OCC. The van der Waals surface area contributed by atoms with Gasteiger partial charge < -0.3 is 9.15 Å². The first-order chi connectivity index (χ1) is 8.76. The molecule has 0 atom stereocenters. The molecule has 2 rings (SSSR count). The van der Waals surface area contributed by atoms with Crippen molar-refractivity contribution < 1.29 is 13.9 Å². The van der Waals surface area contributed by atoms with Gasteiger partial charge in [-0.3, -0.25) is 4.68 Å². The highest BCUT2D eigenvalue weighted by atomic mass is 16.5. The van der Waals surface area contributed by atoms with Gasteiger partial charge in [-0.15, -0.1) is 6.58 Å². The molecular weight excluding hydrogens is 232 g/mol. The quantitative estimate of drug-likeness (QED) is 0.600. The van der Waals surface area contributed by atoms with Gasteiger partial charge in [0, 0.05) is 6.07 Å². The summed E-state index contributed by atoms with van der Waals surface area (Å²) in [5.41, 5.74) is 0.994. The number of aromatic nitrogens is 2. The largest absolute Gasteiger partial charge is 0.463 e. The van der Waals surface area contributed by atoms with Crippen LogP contribution in [0.3, 0.4) is 0 Å². The van der Waals surface area contributed by atoms with Crippen LogP contribution in [-0.2, 0) is 11.3 Å². The fraction of sp³-hybridized carbons (Fsp3) is 0.231. The van der Waals surface area contributed by atoms with Gasteiger partial charge in [0.15, 0.2) is 5.76 Å². The third kappa shape index (κ3) is 2.34. The van der Waals surface area contributed by atoms with Crippen molar-refractivity contribution in [2.75, 3.05) is 6.61 Å². The molecule has 0 aliphatic carbocycles. The third-order valence-corrected chi connectivity index (χ3v) is 2.34. The Labute approximate surface area is 105 Å². The lowest BCUT2D eigenvalue weighted by Crippen LogP contribution is -2.12. The van der Waals surface area contributed by atoms with Crippen molar-refractivity contribution >= 4 is 5.97 Å². The van der Waals surface area contributed by atoms with Gasteiger partial charge in [-0.2, -0.15) is 5.10 Å². The topological polar surface area (TPSA) is 57.3 Å². The van der Waals surface area contributed by atoms with Crippen LogP contribution < -0.4 is 0 Å². The molecular formula is C13H14N2O3. The van der Waals surface area contributed by atoms with Crippen LogP contribution in [0.25, 0.3) is 11.5 Å². The highest BCUT2D eigenvalue weighted by Crippen LogP contribution is 2.20. The van der Waals surface area contributed by atoms with E-state index in [1.165, 1.54) is 0 Å². The highest BCUT2D eigenvalue weighted by Gasteiger charge is 2.17. The summed E-state index contributed by atoms with van der Waals surface area (Å²) in [6, 6.07) is 5.21. The predicted octanol–water partition coefficient (Wildman–Crippen LogP) is 2.51. The maximum atomic E-state index is 11.8. The van der Waals surface area contributed by atoms with Gasteiger partial charge in [0.05, 0.1) is 19.4 Å². The minimum Gasteiger partial charge on any atom is -0.463 e. The number of furan rings is 1. The summed E-state index contributed by atoms with van der Waals surface area (Å²) in [6.07, 6.45) is 3.23. The number of allylic oxidation sites excluding steroid dienone is 1. The van der Waals surface area contributed by atoms with Gasteiger partial charge >= 0.3 is 5.97 Å². The first-order valence-corrected chi connectivity index (χ1v) is 5.66. The van der Waals surface area contributed by atoms with Gasteiger partial charge in [0.25, 0.3) is 0 Å². The fourth-order valence-corrected chi connectivity index (χ4v) is 1.59. The molecule has 5 nitrogen and oxygen atoms in total. The molecule has 2 heterocycles. The van der Waals surface area contributed by atoms with Crippen molar-refractivity contribution in [2.45, 2.75) is 13.5 Å². The Hall–Kier alpha value is -2.30. The van der Waals surface area contributed by atoms with Crippen LogP contribution in [0, 0.1) is 0 Å². The van der Waals surface area contributed by atoms with E-state index in [4.69, 9.17) is 9.15 Å². The van der Waals surface area contributed by atoms with E-state index in [1.807, 2.05) is 0 Å². The fourth-order valence-electron chi connectivity index (χ4n) is 1.59. The summed E-state index contributed by atoms with van der Waals surface area (Å²) >= 11 is 0. The lowest BCUT2D eigenvalue weighted by Gasteiger charge is -2.03. The van der Waals surface area contributed by atoms with E-state index in [9.17, 15) is 4.79 Å². The van der Waals surface area contributed by atoms with Gasteiger partial charge in [-0.05, 0) is 19.1 Å². The molecule has 2 aromatic rings. The number of rotatable bonds is 5. The summed E-state index contributed by atoms with van der Waals surface area (Å²) in [5.74, 6) is 0.216. The van der Waals surface area contributed by atoms with Crippen molar-refractivity contribution in [3.05, 3.63) is 42.8 Å². The van der Waals surface area contributed by atoms with E-state index >= 15 is 0 Å². The van der Waals surface area contributed by atoms with Crippen LogP contribution in [0.15, 0.2) is 41.5 Å². The maximum Gasteiger partial charge on any atom is 0.356 e. The molecule has 0 fully saturated rings. The van der Waals surface area contributed by atoms with Crippen molar-refractivity contribution in [1.29, 1.82) is 0 Å². The van der Waals surface area contributed by atoms with E-state index < -0.39 is 5.97 Å². The van der Waals surface area contributed by atoms with Crippen LogP contribution in [0.2, 0.25) is 0 Å². The second-order valence-electron chi connectivity index (χ2n) is 3.58. The molecule has 94 valence electrons. The Morgan fingerprint density at radius 2 is 2.50 bits per heavy atom. The number of hydrogen-bond donors (Lipinski definition) is 0. The second kappa shape index (κ2) is 5.35. The summed E-state index contributed by atoms with van der Waals surface area (Å²) in [5, 5.41) is 4.30. The Morgan fingerprint density at radius 3 is 3.11 bits per heavy atom. The van der Waals surface area contributed by atoms with Gasteiger partial charge in [-0.1, -0.05) is 6.08 Å². The summed E-state index contributed by atoms with van der Waals surface area (Å²) in [6.45, 7) is 6.17. The number of ether oxygens (including phenoxy) is 1. The molecule has 0 saturated carbocycles. The Morgan fingerprint density at radius 1 is 1.67 bits per heavy atom. The van der Waals surface area contributed by atoms with E-state index in [1.54, 1.807) is 42.1 Å². The van der Waals surface area contributed by atoms with Crippen molar-refractivity contribution in [3.63, 3.8) is 0 Å². The minimum atomic E-state index is -0.398. The van der Waals surface area contributed by atoms with E-state index in [-0.39, 0.29) is 0 Å². The summed E-state index contributed by atoms with van der Waals surface area (Å²) < 4.78 is 11.8. The predicted molar refractivity (Wildman–Crippen MR) is 66.1 cm³/mol. The van der Waals surface area contributed by atoms with Crippen LogP contribution in [-0.4, -0.2) is 22.4 Å². The van der Waals surface area contributed by atoms with Crippen LogP contribution in [0.1, 0.15) is 17.4 Å². The normalized spacial score (nSPS) is 10.3. The lowest BCUT2D eigenvalue weighted by atomic mass is 10.3. The molecule has 0 amide bonds. The van der Waals surface area contributed by atoms with E-state index in [0.717, 1.165) is 0 Å². The van der Waals surface area contributed by atoms with E-state index in [2.05, 4.69) is 11.7 Å². The molecule has 5 heteroatoms. The first-order valence-electron chi connectivity index (χ1n) is 5.66. The molecule has 0 aromatic carbocycles. The van der Waals surface area contributed by atoms with Crippen LogP contribution in [0.5, 0.6) is 0 Å². The van der Waals surface area contributed by atoms with E-state index in [0.29, 0.717) is 30.3 Å². The molecule has 0 aliphatic heterocycles. The monoisotopic (exact) mass is 246 g/mol. The van der Waals surface area contributed by atoms with Gasteiger partial charge in [0.2, 0.25) is 0 Å². The minimum absolute atomic E-state index is 0.328. The molecule has 2 aromatic heterocycles. The third-order valence-electron chi connectivity index (χ3n) is 2.34. The molecule has 0 aliphatic rings. The Balaban J connectivity index is 2.38. The number of nitrogens with zero attached hydrogens (tertiary/aromatic N) is 2. The average molecular weight is 246 g/mol. The van der Waals surface area contributed by atoms with Gasteiger partial charge in [-0.25, -0.2) is 4.79 Å². The molecule has 0 N–H and O–H groups in total. The number of carbonyl (C=O) groups excluding carboxylic acids is 1. The Kier molecular flexibility index (Phi) is 3.62. The molecule has 18 heavy (non-hydrogen) atoms.